The Bertz CT molecular complexity index is 3570. The van der Waals surface area contributed by atoms with Crippen molar-refractivity contribution in [1.82, 2.24) is 0 Å². The topological polar surface area (TPSA) is 3.24 Å². The van der Waals surface area contributed by atoms with Gasteiger partial charge in [-0.3, -0.25) is 0 Å². The summed E-state index contributed by atoms with van der Waals surface area (Å²) < 4.78 is 0. The van der Waals surface area contributed by atoms with Crippen LogP contribution in [0.2, 0.25) is 0 Å². The number of hydrogen-bond donors (Lipinski definition) is 0. The van der Waals surface area contributed by atoms with Gasteiger partial charge < -0.3 is 4.90 Å². The second kappa shape index (κ2) is 14.4. The highest BCUT2D eigenvalue weighted by Gasteiger charge is 2.51. The second-order valence-electron chi connectivity index (χ2n) is 17.1. The summed E-state index contributed by atoms with van der Waals surface area (Å²) in [6, 6.07) is 92.2. The Hall–Kier alpha value is -8.26. The first-order valence-electron chi connectivity index (χ1n) is 22.3. The molecule has 0 atom stereocenters. The number of nitrogens with zero attached hydrogens (tertiary/aromatic N) is 1. The van der Waals surface area contributed by atoms with Crippen LogP contribution in [0.15, 0.2) is 249 Å². The molecule has 2 aliphatic carbocycles. The van der Waals surface area contributed by atoms with Gasteiger partial charge in [0, 0.05) is 16.6 Å². The summed E-state index contributed by atoms with van der Waals surface area (Å²) in [5.74, 6) is 0. The first-order valence-corrected chi connectivity index (χ1v) is 22.3. The fourth-order valence-corrected chi connectivity index (χ4v) is 11.3. The quantitative estimate of drug-likeness (QED) is 0.151. The molecule has 0 saturated heterocycles. The number of benzene rings is 11. The molecule has 0 bridgehead atoms. The lowest BCUT2D eigenvalue weighted by Crippen LogP contribution is -2.25. The summed E-state index contributed by atoms with van der Waals surface area (Å²) in [5, 5.41) is 4.88. The van der Waals surface area contributed by atoms with Gasteiger partial charge >= 0.3 is 0 Å². The zero-order chi connectivity index (χ0) is 42.2. The van der Waals surface area contributed by atoms with E-state index in [2.05, 4.69) is 254 Å². The smallest absolute Gasteiger partial charge is 0.0725 e. The molecule has 0 radical (unpaired) electrons. The van der Waals surface area contributed by atoms with Gasteiger partial charge in [-0.25, -0.2) is 0 Å². The standard InChI is InChI=1S/C63H41N/c1-3-20-42(21-4-1)46-25-9-12-32-54(46)62-48(43-22-5-2-6-23-43)33-19-37-60(62)64(61-40-44-24-7-8-26-47(44)49-27-10-11-31-53(49)61)45-38-39-59-55(41-45)52-30-15-18-36-58(52)63(59)56-34-16-13-28-50(56)51-29-14-17-35-57(51)63/h1-41H. The lowest BCUT2D eigenvalue weighted by molar-refractivity contribution is 0.794. The lowest BCUT2D eigenvalue weighted by atomic mass is 9.70. The van der Waals surface area contributed by atoms with Crippen molar-refractivity contribution in [1.29, 1.82) is 0 Å². The van der Waals surface area contributed by atoms with E-state index in [-0.39, 0.29) is 0 Å². The second-order valence-corrected chi connectivity index (χ2v) is 17.1. The Kier molecular flexibility index (Phi) is 8.20. The summed E-state index contributed by atoms with van der Waals surface area (Å²) >= 11 is 0. The van der Waals surface area contributed by atoms with E-state index >= 15 is 0 Å². The molecule has 0 aliphatic heterocycles. The molecule has 0 unspecified atom stereocenters. The molecule has 64 heavy (non-hydrogen) atoms. The molecule has 0 amide bonds. The van der Waals surface area contributed by atoms with Crippen molar-refractivity contribution in [3.8, 4) is 55.6 Å². The van der Waals surface area contributed by atoms with Crippen LogP contribution < -0.4 is 4.90 Å². The Morgan fingerprint density at radius 2 is 0.734 bits per heavy atom. The minimum atomic E-state index is -0.425. The Morgan fingerprint density at radius 3 is 1.39 bits per heavy atom. The van der Waals surface area contributed by atoms with Crippen molar-refractivity contribution >= 4 is 38.6 Å². The highest BCUT2D eigenvalue weighted by molar-refractivity contribution is 6.16. The van der Waals surface area contributed by atoms with Gasteiger partial charge in [-0.2, -0.15) is 0 Å². The normalized spacial score (nSPS) is 12.8. The number of fused-ring (bicyclic) bond motifs is 13. The van der Waals surface area contributed by atoms with Gasteiger partial charge in [-0.1, -0.05) is 224 Å². The molecular weight excluding hydrogens is 771 g/mol. The maximum Gasteiger partial charge on any atom is 0.0725 e. The van der Waals surface area contributed by atoms with Crippen LogP contribution in [0.1, 0.15) is 22.3 Å². The van der Waals surface area contributed by atoms with Gasteiger partial charge in [0.2, 0.25) is 0 Å². The van der Waals surface area contributed by atoms with Crippen molar-refractivity contribution in [3.05, 3.63) is 271 Å². The molecule has 11 aromatic rings. The van der Waals surface area contributed by atoms with Crippen molar-refractivity contribution in [2.24, 2.45) is 0 Å². The summed E-state index contributed by atoms with van der Waals surface area (Å²) in [5.41, 5.74) is 20.6. The minimum absolute atomic E-state index is 0.425. The summed E-state index contributed by atoms with van der Waals surface area (Å²) in [7, 11) is 0. The number of hydrogen-bond acceptors (Lipinski definition) is 1. The average Bonchev–Trinajstić information content (AvgIpc) is 3.84. The maximum absolute atomic E-state index is 2.56. The van der Waals surface area contributed by atoms with E-state index in [1.807, 2.05) is 0 Å². The van der Waals surface area contributed by atoms with E-state index in [4.69, 9.17) is 0 Å². The van der Waals surface area contributed by atoms with Gasteiger partial charge in [-0.05, 0) is 113 Å². The fourth-order valence-electron chi connectivity index (χ4n) is 11.3. The summed E-state index contributed by atoms with van der Waals surface area (Å²) in [6.45, 7) is 0. The van der Waals surface area contributed by atoms with Crippen molar-refractivity contribution < 1.29 is 0 Å². The molecule has 0 fully saturated rings. The molecule has 0 heterocycles. The van der Waals surface area contributed by atoms with Crippen molar-refractivity contribution in [3.63, 3.8) is 0 Å². The number of anilines is 3. The Balaban J connectivity index is 1.15. The van der Waals surface area contributed by atoms with Gasteiger partial charge in [0.15, 0.2) is 0 Å². The van der Waals surface area contributed by atoms with E-state index < -0.39 is 5.41 Å². The van der Waals surface area contributed by atoms with Gasteiger partial charge in [0.1, 0.15) is 0 Å². The third kappa shape index (κ3) is 5.25. The fraction of sp³-hybridized carbons (Fsp3) is 0.0159. The third-order valence-corrected chi connectivity index (χ3v) is 13.9. The van der Waals surface area contributed by atoms with Crippen LogP contribution >= 0.6 is 0 Å². The van der Waals surface area contributed by atoms with Crippen LogP contribution in [0, 0.1) is 0 Å². The molecule has 0 aromatic heterocycles. The van der Waals surface area contributed by atoms with Gasteiger partial charge in [-0.15, -0.1) is 0 Å². The van der Waals surface area contributed by atoms with E-state index in [0.29, 0.717) is 0 Å². The SMILES string of the molecule is c1ccc(-c2ccccc2-c2c(-c3ccccc3)cccc2N(c2ccc3c(c2)-c2ccccc2C32c3ccccc3-c3ccccc32)c2cc3ccccc3c3ccccc23)cc1. The third-order valence-electron chi connectivity index (χ3n) is 13.9. The van der Waals surface area contributed by atoms with E-state index in [0.717, 1.165) is 17.1 Å². The lowest BCUT2D eigenvalue weighted by Gasteiger charge is -2.33. The molecule has 298 valence electrons. The molecular formula is C63H41N. The molecule has 0 N–H and O–H groups in total. The zero-order valence-corrected chi connectivity index (χ0v) is 35.1. The predicted molar refractivity (Wildman–Crippen MR) is 269 cm³/mol. The molecule has 2 aliphatic rings. The Morgan fingerprint density at radius 1 is 0.266 bits per heavy atom. The molecule has 1 spiro atoms. The molecule has 1 heteroatoms. The average molecular weight is 812 g/mol. The van der Waals surface area contributed by atoms with Gasteiger partial charge in [0.25, 0.3) is 0 Å². The minimum Gasteiger partial charge on any atom is -0.309 e. The zero-order valence-electron chi connectivity index (χ0n) is 35.1. The first kappa shape index (κ1) is 36.4. The van der Waals surface area contributed by atoms with Crippen molar-refractivity contribution in [2.75, 3.05) is 4.90 Å². The van der Waals surface area contributed by atoms with E-state index in [1.54, 1.807) is 0 Å². The number of rotatable bonds is 6. The molecule has 0 saturated carbocycles. The molecule has 11 aromatic carbocycles. The highest BCUT2D eigenvalue weighted by atomic mass is 15.1. The van der Waals surface area contributed by atoms with Crippen LogP contribution in [0.5, 0.6) is 0 Å². The first-order chi connectivity index (χ1) is 31.8. The van der Waals surface area contributed by atoms with Gasteiger partial charge in [0.05, 0.1) is 16.8 Å². The Labute approximate surface area is 373 Å². The van der Waals surface area contributed by atoms with Crippen LogP contribution in [0.3, 0.4) is 0 Å². The maximum atomic E-state index is 2.56. The van der Waals surface area contributed by atoms with E-state index in [9.17, 15) is 0 Å². The van der Waals surface area contributed by atoms with Crippen molar-refractivity contribution in [2.45, 2.75) is 5.41 Å². The summed E-state index contributed by atoms with van der Waals surface area (Å²) in [6.07, 6.45) is 0. The highest BCUT2D eigenvalue weighted by Crippen LogP contribution is 2.63. The molecule has 13 rings (SSSR count). The van der Waals surface area contributed by atoms with Crippen LogP contribution in [0.4, 0.5) is 17.1 Å². The monoisotopic (exact) mass is 811 g/mol. The van der Waals surface area contributed by atoms with Crippen LogP contribution in [0.25, 0.3) is 77.2 Å². The molecule has 1 nitrogen and oxygen atoms in total. The van der Waals surface area contributed by atoms with Crippen LogP contribution in [-0.2, 0) is 5.41 Å². The van der Waals surface area contributed by atoms with E-state index in [1.165, 1.54) is 99.4 Å². The predicted octanol–water partition coefficient (Wildman–Crippen LogP) is 16.8. The largest absolute Gasteiger partial charge is 0.309 e. The van der Waals surface area contributed by atoms with Crippen LogP contribution in [-0.4, -0.2) is 0 Å². The summed E-state index contributed by atoms with van der Waals surface area (Å²) in [4.78, 5) is 2.56.